The van der Waals surface area contributed by atoms with Crippen LogP contribution >= 0.6 is 11.6 Å². The highest BCUT2D eigenvalue weighted by molar-refractivity contribution is 6.32. The fourth-order valence-corrected chi connectivity index (χ4v) is 3.76. The van der Waals surface area contributed by atoms with E-state index in [4.69, 9.17) is 16.7 Å². The summed E-state index contributed by atoms with van der Waals surface area (Å²) >= 11 is 6.36. The van der Waals surface area contributed by atoms with Crippen molar-refractivity contribution in [3.8, 4) is 5.69 Å². The molecule has 2 aromatic rings. The van der Waals surface area contributed by atoms with Gasteiger partial charge in [0.2, 0.25) is 0 Å². The summed E-state index contributed by atoms with van der Waals surface area (Å²) in [5.74, 6) is 0.573. The van der Waals surface area contributed by atoms with E-state index in [1.54, 1.807) is 0 Å². The Morgan fingerprint density at radius 2 is 1.88 bits per heavy atom. The second kappa shape index (κ2) is 6.25. The highest BCUT2D eigenvalue weighted by atomic mass is 35.5. The summed E-state index contributed by atoms with van der Waals surface area (Å²) in [7, 11) is 0. The van der Waals surface area contributed by atoms with Crippen LogP contribution < -0.4 is 0 Å². The number of hydrogen-bond acceptors (Lipinski definition) is 2. The van der Waals surface area contributed by atoms with Gasteiger partial charge in [-0.05, 0) is 51.2 Å². The molecule has 5 heteroatoms. The third kappa shape index (κ3) is 2.73. The van der Waals surface area contributed by atoms with Crippen molar-refractivity contribution in [1.29, 1.82) is 0 Å². The molecule has 1 aromatic carbocycles. The lowest BCUT2D eigenvalue weighted by atomic mass is 10.1. The number of nitrogens with zero attached hydrogens (tertiary/aromatic N) is 3. The Bertz CT molecular complexity index is 773. The van der Waals surface area contributed by atoms with E-state index in [9.17, 15) is 4.79 Å². The van der Waals surface area contributed by atoms with Gasteiger partial charge in [-0.1, -0.05) is 23.7 Å². The second-order valence-corrected chi connectivity index (χ2v) is 7.24. The van der Waals surface area contributed by atoms with Crippen LogP contribution in [0.15, 0.2) is 24.3 Å². The molecule has 1 saturated heterocycles. The molecule has 4 rings (SSSR count). The smallest absolute Gasteiger partial charge is 0.257 e. The lowest BCUT2D eigenvalue weighted by Gasteiger charge is -2.27. The van der Waals surface area contributed by atoms with Crippen molar-refractivity contribution in [2.24, 2.45) is 0 Å². The fraction of sp³-hybridized carbons (Fsp3) is 0.474. The number of benzene rings is 1. The predicted octanol–water partition coefficient (Wildman–Crippen LogP) is 4.34. The van der Waals surface area contributed by atoms with Gasteiger partial charge >= 0.3 is 0 Å². The molecular weight excluding hydrogens is 322 g/mol. The Labute approximate surface area is 147 Å². The number of para-hydroxylation sites is 1. The molecule has 126 valence electrons. The Kier molecular flexibility index (Phi) is 4.09. The quantitative estimate of drug-likeness (QED) is 0.831. The largest absolute Gasteiger partial charge is 0.339 e. The van der Waals surface area contributed by atoms with Crippen molar-refractivity contribution >= 4 is 17.5 Å². The first-order valence-corrected chi connectivity index (χ1v) is 9.18. The molecule has 0 radical (unpaired) electrons. The molecular formula is C19H22ClN3O. The molecule has 1 amide bonds. The molecule has 0 bridgehead atoms. The summed E-state index contributed by atoms with van der Waals surface area (Å²) in [5, 5.41) is 5.46. The summed E-state index contributed by atoms with van der Waals surface area (Å²) in [6.07, 6.45) is 5.67. The maximum atomic E-state index is 13.1. The van der Waals surface area contributed by atoms with Crippen LogP contribution in [-0.4, -0.2) is 33.7 Å². The number of piperidine rings is 1. The number of hydrogen-bond donors (Lipinski definition) is 0. The number of carbonyl (C=O) groups excluding carboxylic acids is 1. The van der Waals surface area contributed by atoms with Crippen molar-refractivity contribution < 1.29 is 4.79 Å². The molecule has 2 fully saturated rings. The minimum Gasteiger partial charge on any atom is -0.339 e. The zero-order valence-electron chi connectivity index (χ0n) is 14.0. The molecule has 0 spiro atoms. The van der Waals surface area contributed by atoms with Crippen LogP contribution in [0.3, 0.4) is 0 Å². The van der Waals surface area contributed by atoms with E-state index in [0.29, 0.717) is 10.9 Å². The van der Waals surface area contributed by atoms with Gasteiger partial charge in [0.25, 0.3) is 5.91 Å². The Hall–Kier alpha value is -1.81. The van der Waals surface area contributed by atoms with E-state index >= 15 is 0 Å². The second-order valence-electron chi connectivity index (χ2n) is 6.84. The summed E-state index contributed by atoms with van der Waals surface area (Å²) in [5.41, 5.74) is 3.51. The molecule has 4 nitrogen and oxygen atoms in total. The lowest BCUT2D eigenvalue weighted by Crippen LogP contribution is -2.36. The normalized spacial score (nSPS) is 18.0. The molecule has 0 unspecified atom stereocenters. The van der Waals surface area contributed by atoms with Crippen molar-refractivity contribution in [1.82, 2.24) is 14.7 Å². The van der Waals surface area contributed by atoms with Gasteiger partial charge in [-0.2, -0.15) is 5.10 Å². The average molecular weight is 344 g/mol. The number of halogens is 1. The molecule has 0 atom stereocenters. The lowest BCUT2D eigenvalue weighted by molar-refractivity contribution is 0.0722. The zero-order chi connectivity index (χ0) is 16.7. The van der Waals surface area contributed by atoms with Crippen LogP contribution in [-0.2, 0) is 0 Å². The average Bonchev–Trinajstić information content (AvgIpc) is 3.39. The Balaban J connectivity index is 1.78. The van der Waals surface area contributed by atoms with E-state index in [2.05, 4.69) is 0 Å². The first-order valence-electron chi connectivity index (χ1n) is 8.80. The number of amides is 1. The third-order valence-electron chi connectivity index (χ3n) is 5.05. The highest BCUT2D eigenvalue weighted by Gasteiger charge is 2.35. The van der Waals surface area contributed by atoms with Crippen LogP contribution in [0.2, 0.25) is 5.02 Å². The maximum absolute atomic E-state index is 13.1. The van der Waals surface area contributed by atoms with E-state index in [1.807, 2.05) is 40.8 Å². The van der Waals surface area contributed by atoms with Gasteiger partial charge in [-0.15, -0.1) is 0 Å². The first kappa shape index (κ1) is 15.7. The minimum absolute atomic E-state index is 0.146. The third-order valence-corrected chi connectivity index (χ3v) is 5.36. The molecule has 24 heavy (non-hydrogen) atoms. The van der Waals surface area contributed by atoms with Gasteiger partial charge in [0, 0.05) is 19.0 Å². The summed E-state index contributed by atoms with van der Waals surface area (Å²) in [6.45, 7) is 3.71. The van der Waals surface area contributed by atoms with Crippen molar-refractivity contribution in [2.45, 2.75) is 44.9 Å². The number of carbonyl (C=O) groups is 1. The number of rotatable bonds is 3. The van der Waals surface area contributed by atoms with Crippen molar-refractivity contribution in [3.05, 3.63) is 46.2 Å². The van der Waals surface area contributed by atoms with Crippen molar-refractivity contribution in [2.75, 3.05) is 13.1 Å². The predicted molar refractivity (Wildman–Crippen MR) is 95.0 cm³/mol. The van der Waals surface area contributed by atoms with Crippen LogP contribution in [0.25, 0.3) is 5.69 Å². The van der Waals surface area contributed by atoms with Gasteiger partial charge in [-0.25, -0.2) is 4.68 Å². The summed E-state index contributed by atoms with van der Waals surface area (Å²) < 4.78 is 1.85. The molecule has 1 aliphatic heterocycles. The molecule has 2 aliphatic rings. The fourth-order valence-electron chi connectivity index (χ4n) is 3.54. The van der Waals surface area contributed by atoms with Gasteiger partial charge in [0.15, 0.2) is 0 Å². The van der Waals surface area contributed by atoms with E-state index < -0.39 is 0 Å². The van der Waals surface area contributed by atoms with Crippen LogP contribution in [0.5, 0.6) is 0 Å². The minimum atomic E-state index is 0.146. The summed E-state index contributed by atoms with van der Waals surface area (Å²) in [4.78, 5) is 15.1. The Morgan fingerprint density at radius 1 is 1.17 bits per heavy atom. The van der Waals surface area contributed by atoms with Gasteiger partial charge < -0.3 is 4.90 Å². The topological polar surface area (TPSA) is 38.1 Å². The zero-order valence-corrected chi connectivity index (χ0v) is 14.7. The van der Waals surface area contributed by atoms with E-state index in [1.165, 1.54) is 6.42 Å². The molecule has 1 saturated carbocycles. The maximum Gasteiger partial charge on any atom is 0.257 e. The number of likely N-dealkylation sites (tertiary alicyclic amines) is 1. The van der Waals surface area contributed by atoms with Crippen LogP contribution in [0.4, 0.5) is 0 Å². The Morgan fingerprint density at radius 3 is 2.54 bits per heavy atom. The molecule has 0 N–H and O–H groups in total. The molecule has 2 heterocycles. The number of aromatic nitrogens is 2. The molecule has 1 aromatic heterocycles. The monoisotopic (exact) mass is 343 g/mol. The SMILES string of the molecule is Cc1c(C(=O)N2CCCCC2)c(C2CC2)nn1-c1ccccc1Cl. The van der Waals surface area contributed by atoms with Crippen LogP contribution in [0.1, 0.15) is 59.8 Å². The van der Waals surface area contributed by atoms with Crippen LogP contribution in [0, 0.1) is 6.92 Å². The standard InChI is InChI=1S/C19H22ClN3O/c1-13-17(19(24)22-11-5-2-6-12-22)18(14-9-10-14)21-23(13)16-8-4-3-7-15(16)20/h3-4,7-8,14H,2,5-6,9-12H2,1H3. The van der Waals surface area contributed by atoms with Gasteiger partial charge in [-0.3, -0.25) is 4.79 Å². The van der Waals surface area contributed by atoms with E-state index in [-0.39, 0.29) is 5.91 Å². The van der Waals surface area contributed by atoms with E-state index in [0.717, 1.165) is 61.4 Å². The van der Waals surface area contributed by atoms with Gasteiger partial charge in [0.05, 0.1) is 27.7 Å². The summed E-state index contributed by atoms with van der Waals surface area (Å²) in [6, 6.07) is 7.67. The van der Waals surface area contributed by atoms with Crippen molar-refractivity contribution in [3.63, 3.8) is 0 Å². The molecule has 1 aliphatic carbocycles. The first-order chi connectivity index (χ1) is 11.7. The highest BCUT2D eigenvalue weighted by Crippen LogP contribution is 2.42. The van der Waals surface area contributed by atoms with Gasteiger partial charge in [0.1, 0.15) is 0 Å².